The van der Waals surface area contributed by atoms with E-state index in [1.807, 2.05) is 12.1 Å². The molecule has 1 aromatic carbocycles. The van der Waals surface area contributed by atoms with Gasteiger partial charge in [-0.15, -0.1) is 0 Å². The molecule has 0 spiro atoms. The molecule has 0 saturated heterocycles. The van der Waals surface area contributed by atoms with Gasteiger partial charge < -0.3 is 15.0 Å². The maximum Gasteiger partial charge on any atom is 0.201 e. The van der Waals surface area contributed by atoms with Crippen LogP contribution in [0.1, 0.15) is 27.7 Å². The number of methoxy groups -OCH3 is 1. The maximum atomic E-state index is 6.12. The van der Waals surface area contributed by atoms with Gasteiger partial charge in [-0.2, -0.15) is 0 Å². The largest absolute Gasteiger partial charge is 0.494 e. The highest BCUT2D eigenvalue weighted by atomic mass is 16.5. The molecule has 0 bridgehead atoms. The summed E-state index contributed by atoms with van der Waals surface area (Å²) in [6.07, 6.45) is 0. The predicted molar refractivity (Wildman–Crippen MR) is 83.9 cm³/mol. The number of nitrogens with two attached hydrogens (primary N) is 1. The number of ether oxygens (including phenoxy) is 1. The van der Waals surface area contributed by atoms with Gasteiger partial charge >= 0.3 is 0 Å². The van der Waals surface area contributed by atoms with Gasteiger partial charge in [-0.1, -0.05) is 33.8 Å². The fraction of sp³-hybridized carbons (Fsp3) is 0.562. The third-order valence-electron chi connectivity index (χ3n) is 4.10. The average molecular weight is 275 g/mol. The minimum Gasteiger partial charge on any atom is -0.494 e. The Morgan fingerprint density at radius 1 is 1.20 bits per heavy atom. The summed E-state index contributed by atoms with van der Waals surface area (Å²) in [5.74, 6) is 3.13. The van der Waals surface area contributed by atoms with Crippen molar-refractivity contribution in [1.82, 2.24) is 9.55 Å². The molecule has 0 radical (unpaired) electrons. The first kappa shape index (κ1) is 14.7. The summed E-state index contributed by atoms with van der Waals surface area (Å²) in [5.41, 5.74) is 8.02. The SMILES string of the molecule is COc1cccc2c1nc(N)n2CC(C(C)C)C(C)C. The van der Waals surface area contributed by atoms with Gasteiger partial charge in [-0.3, -0.25) is 0 Å². The van der Waals surface area contributed by atoms with Crippen molar-refractivity contribution in [1.29, 1.82) is 0 Å². The first-order chi connectivity index (χ1) is 9.45. The summed E-state index contributed by atoms with van der Waals surface area (Å²) in [6.45, 7) is 9.95. The molecule has 2 rings (SSSR count). The number of nitrogen functional groups attached to an aromatic ring is 1. The smallest absolute Gasteiger partial charge is 0.201 e. The topological polar surface area (TPSA) is 53.1 Å². The van der Waals surface area contributed by atoms with Crippen molar-refractivity contribution in [2.75, 3.05) is 12.8 Å². The van der Waals surface area contributed by atoms with E-state index in [1.54, 1.807) is 7.11 Å². The van der Waals surface area contributed by atoms with Crippen LogP contribution in [0.3, 0.4) is 0 Å². The zero-order valence-electron chi connectivity index (χ0n) is 13.1. The molecule has 0 saturated carbocycles. The average Bonchev–Trinajstić information content (AvgIpc) is 2.70. The van der Waals surface area contributed by atoms with Gasteiger partial charge in [-0.25, -0.2) is 4.98 Å². The second kappa shape index (κ2) is 5.73. The van der Waals surface area contributed by atoms with Crippen LogP contribution in [0.15, 0.2) is 18.2 Å². The highest BCUT2D eigenvalue weighted by Crippen LogP contribution is 2.30. The fourth-order valence-corrected chi connectivity index (χ4v) is 2.90. The monoisotopic (exact) mass is 275 g/mol. The van der Waals surface area contributed by atoms with Crippen LogP contribution in [0.2, 0.25) is 0 Å². The molecule has 4 nitrogen and oxygen atoms in total. The number of anilines is 1. The molecule has 2 aromatic rings. The summed E-state index contributed by atoms with van der Waals surface area (Å²) in [5, 5.41) is 0. The summed E-state index contributed by atoms with van der Waals surface area (Å²) in [4.78, 5) is 4.47. The molecule has 110 valence electrons. The lowest BCUT2D eigenvalue weighted by Gasteiger charge is -2.26. The van der Waals surface area contributed by atoms with Crippen LogP contribution in [-0.2, 0) is 6.54 Å². The molecule has 2 N–H and O–H groups in total. The predicted octanol–water partition coefficient (Wildman–Crippen LogP) is 3.56. The summed E-state index contributed by atoms with van der Waals surface area (Å²) in [6, 6.07) is 5.96. The number of aromatic nitrogens is 2. The van der Waals surface area contributed by atoms with Gasteiger partial charge in [0.25, 0.3) is 0 Å². The van der Waals surface area contributed by atoms with Crippen molar-refractivity contribution in [3.05, 3.63) is 18.2 Å². The number of fused-ring (bicyclic) bond motifs is 1. The second-order valence-corrected chi connectivity index (χ2v) is 6.06. The Morgan fingerprint density at radius 3 is 2.40 bits per heavy atom. The third kappa shape index (κ3) is 2.60. The number of hydrogen-bond donors (Lipinski definition) is 1. The van der Waals surface area contributed by atoms with Crippen LogP contribution >= 0.6 is 0 Å². The molecule has 0 aliphatic carbocycles. The molecule has 0 aliphatic rings. The second-order valence-electron chi connectivity index (χ2n) is 6.06. The Hall–Kier alpha value is -1.71. The van der Waals surface area contributed by atoms with E-state index in [4.69, 9.17) is 10.5 Å². The number of para-hydroxylation sites is 1. The first-order valence-corrected chi connectivity index (χ1v) is 7.24. The Kier molecular flexibility index (Phi) is 4.21. The third-order valence-corrected chi connectivity index (χ3v) is 4.10. The number of nitrogens with zero attached hydrogens (tertiary/aromatic N) is 2. The van der Waals surface area contributed by atoms with Gasteiger partial charge in [0, 0.05) is 6.54 Å². The van der Waals surface area contributed by atoms with Crippen LogP contribution in [-0.4, -0.2) is 16.7 Å². The molecule has 1 heterocycles. The van der Waals surface area contributed by atoms with E-state index in [-0.39, 0.29) is 0 Å². The highest BCUT2D eigenvalue weighted by Gasteiger charge is 2.21. The van der Waals surface area contributed by atoms with Gasteiger partial charge in [0.05, 0.1) is 12.6 Å². The van der Waals surface area contributed by atoms with Crippen molar-refractivity contribution in [2.45, 2.75) is 34.2 Å². The molecule has 1 aromatic heterocycles. The van der Waals surface area contributed by atoms with Crippen LogP contribution in [0.25, 0.3) is 11.0 Å². The highest BCUT2D eigenvalue weighted by molar-refractivity contribution is 5.84. The lowest BCUT2D eigenvalue weighted by Crippen LogP contribution is -2.22. The van der Waals surface area contributed by atoms with E-state index in [2.05, 4.69) is 43.3 Å². The zero-order chi connectivity index (χ0) is 14.9. The molecule has 0 unspecified atom stereocenters. The Morgan fingerprint density at radius 2 is 1.85 bits per heavy atom. The number of imidazole rings is 1. The van der Waals surface area contributed by atoms with Gasteiger partial charge in [0.1, 0.15) is 11.3 Å². The molecule has 0 atom stereocenters. The zero-order valence-corrected chi connectivity index (χ0v) is 13.1. The van der Waals surface area contributed by atoms with Crippen molar-refractivity contribution in [3.63, 3.8) is 0 Å². The van der Waals surface area contributed by atoms with Gasteiger partial charge in [0.2, 0.25) is 5.95 Å². The normalized spacial score (nSPS) is 12.0. The minimum absolute atomic E-state index is 0.566. The lowest BCUT2D eigenvalue weighted by molar-refractivity contribution is 0.255. The Bertz CT molecular complexity index is 579. The molecule has 20 heavy (non-hydrogen) atoms. The maximum absolute atomic E-state index is 6.12. The van der Waals surface area contributed by atoms with E-state index < -0.39 is 0 Å². The van der Waals surface area contributed by atoms with Crippen LogP contribution < -0.4 is 10.5 Å². The molecule has 4 heteroatoms. The summed E-state index contributed by atoms with van der Waals surface area (Å²) >= 11 is 0. The van der Waals surface area contributed by atoms with E-state index in [0.29, 0.717) is 23.7 Å². The van der Waals surface area contributed by atoms with E-state index in [9.17, 15) is 0 Å². The molecular weight excluding hydrogens is 250 g/mol. The van der Waals surface area contributed by atoms with Crippen LogP contribution in [0, 0.1) is 17.8 Å². The fourth-order valence-electron chi connectivity index (χ4n) is 2.90. The number of rotatable bonds is 5. The number of hydrogen-bond acceptors (Lipinski definition) is 3. The van der Waals surface area contributed by atoms with Crippen molar-refractivity contribution in [2.24, 2.45) is 17.8 Å². The Balaban J connectivity index is 2.46. The molecule has 0 amide bonds. The Labute approximate surface area is 120 Å². The number of benzene rings is 1. The van der Waals surface area contributed by atoms with Crippen molar-refractivity contribution < 1.29 is 4.74 Å². The summed E-state index contributed by atoms with van der Waals surface area (Å²) < 4.78 is 7.48. The van der Waals surface area contributed by atoms with E-state index in [1.165, 1.54) is 0 Å². The van der Waals surface area contributed by atoms with Crippen LogP contribution in [0.4, 0.5) is 5.95 Å². The van der Waals surface area contributed by atoms with Crippen molar-refractivity contribution in [3.8, 4) is 5.75 Å². The van der Waals surface area contributed by atoms with Gasteiger partial charge in [-0.05, 0) is 29.9 Å². The van der Waals surface area contributed by atoms with E-state index >= 15 is 0 Å². The van der Waals surface area contributed by atoms with Crippen molar-refractivity contribution >= 4 is 17.0 Å². The molecule has 0 fully saturated rings. The molecule has 0 aliphatic heterocycles. The summed E-state index contributed by atoms with van der Waals surface area (Å²) in [7, 11) is 1.66. The quantitative estimate of drug-likeness (QED) is 0.907. The van der Waals surface area contributed by atoms with E-state index in [0.717, 1.165) is 23.3 Å². The lowest BCUT2D eigenvalue weighted by atomic mass is 9.85. The van der Waals surface area contributed by atoms with Crippen LogP contribution in [0.5, 0.6) is 5.75 Å². The molecular formula is C16H25N3O. The first-order valence-electron chi connectivity index (χ1n) is 7.24. The minimum atomic E-state index is 0.566. The standard InChI is InChI=1S/C16H25N3O/c1-10(2)12(11(3)4)9-19-13-7-6-8-14(20-5)15(13)18-16(19)17/h6-8,10-12H,9H2,1-5H3,(H2,17,18). The van der Waals surface area contributed by atoms with Gasteiger partial charge in [0.15, 0.2) is 0 Å².